The van der Waals surface area contributed by atoms with Crippen LogP contribution < -0.4 is 9.47 Å². The van der Waals surface area contributed by atoms with E-state index in [4.69, 9.17) is 14.2 Å². The molecule has 28 heavy (non-hydrogen) atoms. The zero-order valence-electron chi connectivity index (χ0n) is 16.0. The van der Waals surface area contributed by atoms with Gasteiger partial charge in [-0.1, -0.05) is 6.07 Å². The Labute approximate surface area is 164 Å². The van der Waals surface area contributed by atoms with Crippen LogP contribution in [0.15, 0.2) is 18.2 Å². The van der Waals surface area contributed by atoms with Gasteiger partial charge in [-0.05, 0) is 43.4 Å². The van der Waals surface area contributed by atoms with Crippen molar-refractivity contribution in [3.8, 4) is 11.5 Å². The molecule has 0 aromatic heterocycles. The summed E-state index contributed by atoms with van der Waals surface area (Å²) in [6.07, 6.45) is 4.00. The fraction of sp³-hybridized carbons (Fsp3) is 0.619. The Bertz CT molecular complexity index is 781. The van der Waals surface area contributed by atoms with E-state index in [2.05, 4.69) is 11.0 Å². The van der Waals surface area contributed by atoms with Crippen molar-refractivity contribution < 1.29 is 23.8 Å². The number of nitrogens with zero attached hydrogens (tertiary/aromatic N) is 2. The van der Waals surface area contributed by atoms with Gasteiger partial charge in [0.1, 0.15) is 5.60 Å². The summed E-state index contributed by atoms with van der Waals surface area (Å²) in [7, 11) is 0. The molecule has 1 aromatic carbocycles. The molecule has 1 amide bonds. The molecule has 1 spiro atoms. The Morgan fingerprint density at radius 2 is 1.82 bits per heavy atom. The Morgan fingerprint density at radius 1 is 1.07 bits per heavy atom. The molecule has 1 saturated carbocycles. The summed E-state index contributed by atoms with van der Waals surface area (Å²) in [6.45, 7) is 4.17. The number of esters is 1. The Balaban J connectivity index is 1.19. The van der Waals surface area contributed by atoms with Crippen LogP contribution in [0.25, 0.3) is 0 Å². The molecule has 3 fully saturated rings. The summed E-state index contributed by atoms with van der Waals surface area (Å²) in [6, 6.07) is 6.05. The number of piperazine rings is 1. The number of ether oxygens (including phenoxy) is 3. The van der Waals surface area contributed by atoms with Crippen molar-refractivity contribution in [1.29, 1.82) is 0 Å². The molecule has 7 heteroatoms. The van der Waals surface area contributed by atoms with Gasteiger partial charge in [0.05, 0.1) is 12.3 Å². The number of rotatable bonds is 3. The Kier molecular flexibility index (Phi) is 4.42. The first-order valence-corrected chi connectivity index (χ1v) is 10.2. The van der Waals surface area contributed by atoms with Crippen LogP contribution in [0.1, 0.15) is 37.7 Å². The minimum absolute atomic E-state index is 0.107. The summed E-state index contributed by atoms with van der Waals surface area (Å²) >= 11 is 0. The normalized spacial score (nSPS) is 26.1. The molecule has 3 aliphatic heterocycles. The highest BCUT2D eigenvalue weighted by Gasteiger charge is 2.54. The van der Waals surface area contributed by atoms with E-state index in [0.29, 0.717) is 13.1 Å². The van der Waals surface area contributed by atoms with Crippen LogP contribution in [0.3, 0.4) is 0 Å². The molecule has 1 aromatic rings. The summed E-state index contributed by atoms with van der Waals surface area (Å²) in [4.78, 5) is 29.3. The SMILES string of the molecule is O=C1CC(C(=O)N2CCN(Cc3ccc4c(c3)OCO4)CC2)C2(CCCC2)O1. The van der Waals surface area contributed by atoms with E-state index in [1.807, 2.05) is 17.0 Å². The van der Waals surface area contributed by atoms with Crippen LogP contribution in [0.4, 0.5) is 0 Å². The van der Waals surface area contributed by atoms with E-state index in [0.717, 1.165) is 56.8 Å². The number of hydrogen-bond donors (Lipinski definition) is 0. The minimum Gasteiger partial charge on any atom is -0.458 e. The summed E-state index contributed by atoms with van der Waals surface area (Å²) in [5.74, 6) is 1.22. The molecule has 1 atom stereocenters. The van der Waals surface area contributed by atoms with Crippen molar-refractivity contribution in [3.05, 3.63) is 23.8 Å². The van der Waals surface area contributed by atoms with Gasteiger partial charge >= 0.3 is 5.97 Å². The topological polar surface area (TPSA) is 68.3 Å². The number of carbonyl (C=O) groups is 2. The highest BCUT2D eigenvalue weighted by Crippen LogP contribution is 2.46. The molecule has 0 radical (unpaired) electrons. The van der Waals surface area contributed by atoms with Crippen LogP contribution in [-0.4, -0.2) is 60.2 Å². The van der Waals surface area contributed by atoms with E-state index in [9.17, 15) is 9.59 Å². The first-order valence-electron chi connectivity index (χ1n) is 10.2. The quantitative estimate of drug-likeness (QED) is 0.740. The summed E-state index contributed by atoms with van der Waals surface area (Å²) in [5, 5.41) is 0. The molecule has 3 heterocycles. The first kappa shape index (κ1) is 17.8. The second-order valence-corrected chi connectivity index (χ2v) is 8.29. The highest BCUT2D eigenvalue weighted by molar-refractivity contribution is 5.88. The van der Waals surface area contributed by atoms with E-state index in [1.165, 1.54) is 5.56 Å². The number of carbonyl (C=O) groups excluding carboxylic acids is 2. The molecule has 2 saturated heterocycles. The van der Waals surface area contributed by atoms with Crippen molar-refractivity contribution in [3.63, 3.8) is 0 Å². The maximum absolute atomic E-state index is 13.1. The van der Waals surface area contributed by atoms with Crippen LogP contribution in [-0.2, 0) is 20.9 Å². The molecule has 0 bridgehead atoms. The zero-order valence-corrected chi connectivity index (χ0v) is 16.0. The minimum atomic E-state index is -0.516. The Morgan fingerprint density at radius 3 is 2.61 bits per heavy atom. The molecule has 150 valence electrons. The maximum Gasteiger partial charge on any atom is 0.307 e. The molecular formula is C21H26N2O5. The molecule has 0 N–H and O–H groups in total. The third kappa shape index (κ3) is 3.11. The lowest BCUT2D eigenvalue weighted by Gasteiger charge is -2.38. The average Bonchev–Trinajstić information content (AvgIpc) is 3.42. The van der Waals surface area contributed by atoms with Crippen molar-refractivity contribution in [2.24, 2.45) is 5.92 Å². The second kappa shape index (κ2) is 6.95. The average molecular weight is 386 g/mol. The van der Waals surface area contributed by atoms with Crippen LogP contribution in [0, 0.1) is 5.92 Å². The van der Waals surface area contributed by atoms with Gasteiger partial charge in [0, 0.05) is 32.7 Å². The number of hydrogen-bond acceptors (Lipinski definition) is 6. The van der Waals surface area contributed by atoms with Gasteiger partial charge in [-0.3, -0.25) is 14.5 Å². The van der Waals surface area contributed by atoms with Crippen molar-refractivity contribution in [2.45, 2.75) is 44.2 Å². The highest BCUT2D eigenvalue weighted by atomic mass is 16.7. The predicted octanol–water partition coefficient (Wildman–Crippen LogP) is 1.94. The predicted molar refractivity (Wildman–Crippen MR) is 99.8 cm³/mol. The smallest absolute Gasteiger partial charge is 0.307 e. The first-order chi connectivity index (χ1) is 13.6. The lowest BCUT2D eigenvalue weighted by Crippen LogP contribution is -2.52. The van der Waals surface area contributed by atoms with Gasteiger partial charge in [0.2, 0.25) is 12.7 Å². The number of benzene rings is 1. The second-order valence-electron chi connectivity index (χ2n) is 8.29. The molecule has 1 unspecified atom stereocenters. The van der Waals surface area contributed by atoms with E-state index < -0.39 is 5.60 Å². The lowest BCUT2D eigenvalue weighted by molar-refractivity contribution is -0.152. The summed E-state index contributed by atoms with van der Waals surface area (Å²) in [5.41, 5.74) is 0.668. The molecule has 4 aliphatic rings. The lowest BCUT2D eigenvalue weighted by atomic mass is 9.84. The third-order valence-electron chi connectivity index (χ3n) is 6.60. The number of amides is 1. The van der Waals surface area contributed by atoms with Gasteiger partial charge in [-0.25, -0.2) is 0 Å². The molecule has 7 nitrogen and oxygen atoms in total. The van der Waals surface area contributed by atoms with Crippen LogP contribution >= 0.6 is 0 Å². The number of fused-ring (bicyclic) bond motifs is 1. The molecule has 5 rings (SSSR count). The fourth-order valence-electron chi connectivity index (χ4n) is 5.07. The monoisotopic (exact) mass is 386 g/mol. The fourth-order valence-corrected chi connectivity index (χ4v) is 5.07. The van der Waals surface area contributed by atoms with E-state index >= 15 is 0 Å². The van der Waals surface area contributed by atoms with E-state index in [-0.39, 0.29) is 31.0 Å². The van der Waals surface area contributed by atoms with E-state index in [1.54, 1.807) is 0 Å². The standard InChI is InChI=1S/C21H26N2O5/c24-19-12-16(21(28-19)5-1-2-6-21)20(25)23-9-7-22(8-10-23)13-15-3-4-17-18(11-15)27-14-26-17/h3-4,11,16H,1-2,5-10,12-14H2. The van der Waals surface area contributed by atoms with Crippen molar-refractivity contribution >= 4 is 11.9 Å². The largest absolute Gasteiger partial charge is 0.458 e. The van der Waals surface area contributed by atoms with Crippen molar-refractivity contribution in [1.82, 2.24) is 9.80 Å². The van der Waals surface area contributed by atoms with Crippen LogP contribution in [0.5, 0.6) is 11.5 Å². The Hall–Kier alpha value is -2.28. The van der Waals surface area contributed by atoms with Gasteiger partial charge in [-0.15, -0.1) is 0 Å². The maximum atomic E-state index is 13.1. The zero-order chi connectivity index (χ0) is 19.1. The van der Waals surface area contributed by atoms with Crippen LogP contribution in [0.2, 0.25) is 0 Å². The van der Waals surface area contributed by atoms with Gasteiger partial charge in [0.15, 0.2) is 11.5 Å². The van der Waals surface area contributed by atoms with Crippen molar-refractivity contribution in [2.75, 3.05) is 33.0 Å². The molecule has 1 aliphatic carbocycles. The van der Waals surface area contributed by atoms with Gasteiger partial charge in [-0.2, -0.15) is 0 Å². The third-order valence-corrected chi connectivity index (χ3v) is 6.60. The molecular weight excluding hydrogens is 360 g/mol. The summed E-state index contributed by atoms with van der Waals surface area (Å²) < 4.78 is 16.5. The van der Waals surface area contributed by atoms with Gasteiger partial charge in [0.25, 0.3) is 0 Å². The van der Waals surface area contributed by atoms with Gasteiger partial charge < -0.3 is 19.1 Å².